The maximum atomic E-state index is 12.2. The van der Waals surface area contributed by atoms with Crippen molar-refractivity contribution in [3.63, 3.8) is 0 Å². The number of nitrogens with one attached hydrogen (secondary N) is 1. The van der Waals surface area contributed by atoms with E-state index >= 15 is 0 Å². The number of fused-ring (bicyclic) bond motifs is 1. The fourth-order valence-corrected chi connectivity index (χ4v) is 2.15. The molecule has 3 aromatic rings. The summed E-state index contributed by atoms with van der Waals surface area (Å²) in [6.07, 6.45) is 1.79. The van der Waals surface area contributed by atoms with E-state index < -0.39 is 0 Å². The molecule has 0 aliphatic heterocycles. The second-order valence-electron chi connectivity index (χ2n) is 4.35. The van der Waals surface area contributed by atoms with Gasteiger partial charge in [0, 0.05) is 21.9 Å². The largest absolute Gasteiger partial charge is 0.322 e. The van der Waals surface area contributed by atoms with Crippen molar-refractivity contribution < 1.29 is 4.79 Å². The van der Waals surface area contributed by atoms with Gasteiger partial charge in [0.1, 0.15) is 5.82 Å². The highest BCUT2D eigenvalue weighted by Crippen LogP contribution is 2.15. The maximum absolute atomic E-state index is 12.2. The highest BCUT2D eigenvalue weighted by Gasteiger charge is 2.09. The highest BCUT2D eigenvalue weighted by atomic mass is 79.9. The van der Waals surface area contributed by atoms with Gasteiger partial charge >= 0.3 is 0 Å². The van der Waals surface area contributed by atoms with Crippen LogP contribution >= 0.6 is 15.9 Å². The normalized spacial score (nSPS) is 10.7. The molecular weight excluding hydrogens is 320 g/mol. The van der Waals surface area contributed by atoms with Crippen molar-refractivity contribution >= 4 is 33.2 Å². The number of nitrogens with zero attached hydrogens (tertiary/aromatic N) is 3. The molecule has 5 nitrogen and oxygen atoms in total. The van der Waals surface area contributed by atoms with Crippen LogP contribution in [-0.4, -0.2) is 20.5 Å². The summed E-state index contributed by atoms with van der Waals surface area (Å²) in [6.45, 7) is 1.86. The maximum Gasteiger partial charge on any atom is 0.255 e. The van der Waals surface area contributed by atoms with Crippen LogP contribution in [0.2, 0.25) is 0 Å². The average Bonchev–Trinajstić information content (AvgIpc) is 2.82. The summed E-state index contributed by atoms with van der Waals surface area (Å²) in [7, 11) is 0. The van der Waals surface area contributed by atoms with Gasteiger partial charge in [-0.15, -0.1) is 10.2 Å². The van der Waals surface area contributed by atoms with Gasteiger partial charge in [0.15, 0.2) is 5.65 Å². The zero-order valence-electron chi connectivity index (χ0n) is 10.7. The second kappa shape index (κ2) is 5.05. The Bertz CT molecular complexity index is 779. The monoisotopic (exact) mass is 330 g/mol. The SMILES string of the molecule is Cc1nnc2cc(C(=O)Nc3ccc(Br)cc3)ccn12. The van der Waals surface area contributed by atoms with Crippen LogP contribution in [0.3, 0.4) is 0 Å². The van der Waals surface area contributed by atoms with Crippen molar-refractivity contribution in [2.45, 2.75) is 6.92 Å². The van der Waals surface area contributed by atoms with E-state index in [4.69, 9.17) is 0 Å². The summed E-state index contributed by atoms with van der Waals surface area (Å²) in [5.41, 5.74) is 1.95. The fraction of sp³-hybridized carbons (Fsp3) is 0.0714. The molecule has 0 bridgehead atoms. The van der Waals surface area contributed by atoms with E-state index in [2.05, 4.69) is 31.4 Å². The van der Waals surface area contributed by atoms with E-state index in [1.807, 2.05) is 35.6 Å². The van der Waals surface area contributed by atoms with E-state index in [0.717, 1.165) is 16.0 Å². The Morgan fingerprint density at radius 2 is 1.95 bits per heavy atom. The van der Waals surface area contributed by atoms with Crippen molar-refractivity contribution in [3.05, 3.63) is 58.5 Å². The van der Waals surface area contributed by atoms with Crippen LogP contribution in [-0.2, 0) is 0 Å². The summed E-state index contributed by atoms with van der Waals surface area (Å²) in [5.74, 6) is 0.621. The van der Waals surface area contributed by atoms with Crippen LogP contribution < -0.4 is 5.32 Å². The first kappa shape index (κ1) is 12.8. The van der Waals surface area contributed by atoms with Crippen LogP contribution in [0.4, 0.5) is 5.69 Å². The van der Waals surface area contributed by atoms with E-state index in [1.54, 1.807) is 18.3 Å². The fourth-order valence-electron chi connectivity index (χ4n) is 1.89. The minimum Gasteiger partial charge on any atom is -0.322 e. The third-order valence-corrected chi connectivity index (χ3v) is 3.47. The molecule has 0 saturated heterocycles. The van der Waals surface area contributed by atoms with Gasteiger partial charge in [-0.3, -0.25) is 9.20 Å². The summed E-state index contributed by atoms with van der Waals surface area (Å²) in [6, 6.07) is 10.9. The molecule has 0 unspecified atom stereocenters. The van der Waals surface area contributed by atoms with Gasteiger partial charge in [-0.2, -0.15) is 0 Å². The third-order valence-electron chi connectivity index (χ3n) is 2.94. The number of aromatic nitrogens is 3. The molecule has 0 aliphatic rings. The van der Waals surface area contributed by atoms with Crippen LogP contribution in [0, 0.1) is 6.92 Å². The van der Waals surface area contributed by atoms with E-state index in [0.29, 0.717) is 11.2 Å². The van der Waals surface area contributed by atoms with Crippen molar-refractivity contribution in [2.24, 2.45) is 0 Å². The molecule has 6 heteroatoms. The first-order chi connectivity index (χ1) is 9.63. The van der Waals surface area contributed by atoms with Gasteiger partial charge in [0.2, 0.25) is 0 Å². The minimum absolute atomic E-state index is 0.171. The molecule has 3 rings (SSSR count). The summed E-state index contributed by atoms with van der Waals surface area (Å²) in [5, 5.41) is 10.8. The first-order valence-corrected chi connectivity index (χ1v) is 6.81. The standard InChI is InChI=1S/C14H11BrN4O/c1-9-17-18-13-8-10(6-7-19(9)13)14(20)16-12-4-2-11(15)3-5-12/h2-8H,1H3,(H,16,20). The number of aryl methyl sites for hydroxylation is 1. The van der Waals surface area contributed by atoms with Crippen molar-refractivity contribution in [2.75, 3.05) is 5.32 Å². The molecular formula is C14H11BrN4O. The molecule has 2 aromatic heterocycles. The van der Waals surface area contributed by atoms with Crippen LogP contribution in [0.25, 0.3) is 5.65 Å². The van der Waals surface area contributed by atoms with E-state index in [1.165, 1.54) is 0 Å². The Hall–Kier alpha value is -2.21. The van der Waals surface area contributed by atoms with Crippen molar-refractivity contribution in [3.8, 4) is 0 Å². The first-order valence-electron chi connectivity index (χ1n) is 6.02. The minimum atomic E-state index is -0.171. The lowest BCUT2D eigenvalue weighted by Gasteiger charge is -2.05. The Morgan fingerprint density at radius 3 is 2.70 bits per heavy atom. The van der Waals surface area contributed by atoms with Gasteiger partial charge < -0.3 is 5.32 Å². The lowest BCUT2D eigenvalue weighted by molar-refractivity contribution is 0.102. The van der Waals surface area contributed by atoms with Crippen LogP contribution in [0.5, 0.6) is 0 Å². The van der Waals surface area contributed by atoms with E-state index in [-0.39, 0.29) is 5.91 Å². The second-order valence-corrected chi connectivity index (χ2v) is 5.27. The molecule has 0 spiro atoms. The molecule has 1 N–H and O–H groups in total. The lowest BCUT2D eigenvalue weighted by Crippen LogP contribution is -2.12. The van der Waals surface area contributed by atoms with Gasteiger partial charge in [0.25, 0.3) is 5.91 Å². The average molecular weight is 331 g/mol. The number of hydrogen-bond donors (Lipinski definition) is 1. The van der Waals surface area contributed by atoms with Gasteiger partial charge in [-0.1, -0.05) is 15.9 Å². The number of pyridine rings is 1. The van der Waals surface area contributed by atoms with Gasteiger partial charge in [0.05, 0.1) is 0 Å². The molecule has 0 atom stereocenters. The smallest absolute Gasteiger partial charge is 0.255 e. The Morgan fingerprint density at radius 1 is 1.20 bits per heavy atom. The van der Waals surface area contributed by atoms with Crippen LogP contribution in [0.1, 0.15) is 16.2 Å². The van der Waals surface area contributed by atoms with Crippen LogP contribution in [0.15, 0.2) is 47.1 Å². The van der Waals surface area contributed by atoms with E-state index in [9.17, 15) is 4.79 Å². The number of hydrogen-bond acceptors (Lipinski definition) is 3. The summed E-state index contributed by atoms with van der Waals surface area (Å²) in [4.78, 5) is 12.2. The number of amides is 1. The molecule has 100 valence electrons. The predicted octanol–water partition coefficient (Wildman–Crippen LogP) is 3.05. The number of halogens is 1. The molecule has 1 amide bonds. The molecule has 0 saturated carbocycles. The molecule has 2 heterocycles. The topological polar surface area (TPSA) is 59.3 Å². The molecule has 0 radical (unpaired) electrons. The molecule has 0 fully saturated rings. The Labute approximate surface area is 123 Å². The molecule has 20 heavy (non-hydrogen) atoms. The van der Waals surface area contributed by atoms with Crippen molar-refractivity contribution in [1.29, 1.82) is 0 Å². The number of benzene rings is 1. The highest BCUT2D eigenvalue weighted by molar-refractivity contribution is 9.10. The lowest BCUT2D eigenvalue weighted by atomic mass is 10.2. The number of rotatable bonds is 2. The quantitative estimate of drug-likeness (QED) is 0.785. The predicted molar refractivity (Wildman–Crippen MR) is 79.8 cm³/mol. The number of carbonyl (C=O) groups is 1. The summed E-state index contributed by atoms with van der Waals surface area (Å²) >= 11 is 3.36. The molecule has 1 aromatic carbocycles. The number of carbonyl (C=O) groups excluding carboxylic acids is 1. The third kappa shape index (κ3) is 2.42. The zero-order valence-corrected chi connectivity index (χ0v) is 12.3. The zero-order chi connectivity index (χ0) is 14.1. The van der Waals surface area contributed by atoms with Crippen molar-refractivity contribution in [1.82, 2.24) is 14.6 Å². The summed E-state index contributed by atoms with van der Waals surface area (Å²) < 4.78 is 2.80. The number of anilines is 1. The Balaban J connectivity index is 1.86. The van der Waals surface area contributed by atoms with Gasteiger partial charge in [-0.25, -0.2) is 0 Å². The Kier molecular flexibility index (Phi) is 3.23. The molecule has 0 aliphatic carbocycles. The van der Waals surface area contributed by atoms with Gasteiger partial charge in [-0.05, 0) is 43.3 Å².